The van der Waals surface area contributed by atoms with E-state index >= 15 is 0 Å². The minimum absolute atomic E-state index is 0.226. The fraction of sp³-hybridized carbons (Fsp3) is 0.737. The number of rotatable bonds is 12. The van der Waals surface area contributed by atoms with E-state index < -0.39 is 59.9 Å². The molecule has 0 aromatic rings. The predicted octanol–water partition coefficient (Wildman–Crippen LogP) is 0.218. The zero-order chi connectivity index (χ0) is 24.4. The van der Waals surface area contributed by atoms with Crippen LogP contribution < -0.4 is 21.7 Å². The monoisotopic (exact) mass is 462 g/mol. The topological polar surface area (TPSA) is 177 Å². The second-order valence-electron chi connectivity index (χ2n) is 8.27. The van der Waals surface area contributed by atoms with Crippen molar-refractivity contribution in [2.24, 2.45) is 11.7 Å². The number of ether oxygens (including phenoxy) is 1. The summed E-state index contributed by atoms with van der Waals surface area (Å²) < 4.78 is 5.16. The highest BCUT2D eigenvalue weighted by Gasteiger charge is 2.32. The largest absolute Gasteiger partial charge is 0.481 e. The Morgan fingerprint density at radius 2 is 1.55 bits per heavy atom. The number of carboxylic acids is 1. The van der Waals surface area contributed by atoms with Crippen molar-refractivity contribution in [2.45, 2.75) is 71.2 Å². The Labute approximate surface area is 186 Å². The summed E-state index contributed by atoms with van der Waals surface area (Å²) in [4.78, 5) is 60.2. The summed E-state index contributed by atoms with van der Waals surface area (Å²) in [5.74, 6) is -3.56. The Kier molecular flexibility index (Phi) is 12.0. The van der Waals surface area contributed by atoms with E-state index in [0.717, 1.165) is 0 Å². The van der Waals surface area contributed by atoms with Crippen molar-refractivity contribution < 1.29 is 33.8 Å². The van der Waals surface area contributed by atoms with Gasteiger partial charge in [0.25, 0.3) is 0 Å². The highest BCUT2D eigenvalue weighted by Crippen LogP contribution is 2.09. The number of carbonyl (C=O) groups excluding carboxylic acids is 4. The second-order valence-corrected chi connectivity index (χ2v) is 9.26. The summed E-state index contributed by atoms with van der Waals surface area (Å²) in [6.45, 7) is 8.31. The van der Waals surface area contributed by atoms with Crippen molar-refractivity contribution in [1.29, 1.82) is 0 Å². The van der Waals surface area contributed by atoms with Gasteiger partial charge in [-0.1, -0.05) is 13.8 Å². The number of primary amides is 1. The number of carboxylic acid groups (broad SMARTS) is 1. The molecule has 0 radical (unpaired) electrons. The van der Waals surface area contributed by atoms with Crippen LogP contribution in [-0.4, -0.2) is 70.6 Å². The van der Waals surface area contributed by atoms with E-state index in [9.17, 15) is 24.0 Å². The van der Waals surface area contributed by atoms with Gasteiger partial charge >= 0.3 is 12.1 Å². The van der Waals surface area contributed by atoms with Crippen molar-refractivity contribution in [2.75, 3.05) is 12.0 Å². The molecule has 0 unspecified atom stereocenters. The molecule has 0 aliphatic heterocycles. The molecule has 4 amide bonds. The van der Waals surface area contributed by atoms with Crippen LogP contribution in [0.3, 0.4) is 0 Å². The Balaban J connectivity index is 5.44. The van der Waals surface area contributed by atoms with Gasteiger partial charge in [0.1, 0.15) is 23.7 Å². The summed E-state index contributed by atoms with van der Waals surface area (Å²) >= 11 is 1.44. The molecule has 0 aliphatic carbocycles. The van der Waals surface area contributed by atoms with Gasteiger partial charge in [-0.05, 0) is 45.1 Å². The first kappa shape index (κ1) is 28.5. The smallest absolute Gasteiger partial charge is 0.408 e. The third-order valence-corrected chi connectivity index (χ3v) is 4.54. The lowest BCUT2D eigenvalue weighted by atomic mass is 10.0. The number of hydrogen-bond donors (Lipinski definition) is 5. The van der Waals surface area contributed by atoms with E-state index in [-0.39, 0.29) is 12.3 Å². The van der Waals surface area contributed by atoms with Gasteiger partial charge in [-0.15, -0.1) is 0 Å². The summed E-state index contributed by atoms with van der Waals surface area (Å²) in [6, 6.07) is -3.56. The molecule has 3 atom stereocenters. The van der Waals surface area contributed by atoms with Crippen LogP contribution in [0.2, 0.25) is 0 Å². The quantitative estimate of drug-likeness (QED) is 0.273. The maximum Gasteiger partial charge on any atom is 0.408 e. The van der Waals surface area contributed by atoms with E-state index in [1.165, 1.54) is 11.8 Å². The van der Waals surface area contributed by atoms with Crippen LogP contribution in [0.4, 0.5) is 4.79 Å². The maximum absolute atomic E-state index is 12.7. The van der Waals surface area contributed by atoms with Gasteiger partial charge in [0, 0.05) is 0 Å². The van der Waals surface area contributed by atoms with Crippen molar-refractivity contribution in [3.05, 3.63) is 0 Å². The van der Waals surface area contributed by atoms with Crippen LogP contribution in [0.1, 0.15) is 47.5 Å². The van der Waals surface area contributed by atoms with Crippen LogP contribution in [0.5, 0.6) is 0 Å². The molecule has 0 saturated carbocycles. The Morgan fingerprint density at radius 3 is 1.97 bits per heavy atom. The zero-order valence-corrected chi connectivity index (χ0v) is 19.6. The highest BCUT2D eigenvalue weighted by molar-refractivity contribution is 7.98. The van der Waals surface area contributed by atoms with Gasteiger partial charge in [-0.2, -0.15) is 11.8 Å². The molecule has 0 heterocycles. The Hall–Kier alpha value is -2.50. The first-order valence-corrected chi connectivity index (χ1v) is 11.2. The summed E-state index contributed by atoms with van der Waals surface area (Å²) in [7, 11) is 0. The normalized spacial score (nSPS) is 14.2. The summed E-state index contributed by atoms with van der Waals surface area (Å²) in [5.41, 5.74) is 4.50. The van der Waals surface area contributed by atoms with E-state index in [4.69, 9.17) is 15.6 Å². The second kappa shape index (κ2) is 13.0. The van der Waals surface area contributed by atoms with Crippen molar-refractivity contribution in [3.63, 3.8) is 0 Å². The van der Waals surface area contributed by atoms with Gasteiger partial charge in [0.2, 0.25) is 17.7 Å². The van der Waals surface area contributed by atoms with Crippen molar-refractivity contribution >= 4 is 41.5 Å². The van der Waals surface area contributed by atoms with Gasteiger partial charge in [-0.25, -0.2) is 4.79 Å². The predicted molar refractivity (Wildman–Crippen MR) is 116 cm³/mol. The molecular formula is C19H34N4O7S. The molecule has 0 bridgehead atoms. The first-order chi connectivity index (χ1) is 14.2. The number of nitrogens with one attached hydrogen (secondary N) is 3. The number of alkyl carbamates (subject to hydrolysis) is 1. The number of thioether (sulfide) groups is 1. The first-order valence-electron chi connectivity index (χ1n) is 9.78. The minimum atomic E-state index is -1.47. The van der Waals surface area contributed by atoms with Crippen LogP contribution in [0.15, 0.2) is 0 Å². The van der Waals surface area contributed by atoms with Crippen LogP contribution >= 0.6 is 11.8 Å². The molecule has 0 spiro atoms. The standard InChI is InChI=1S/C19H34N4O7S/c1-10(2)14(15(20)26)23-17(28)12(9-13(24)25)21-16(27)11(7-8-31-6)22-18(29)30-19(3,4)5/h10-12,14H,7-9H2,1-6H3,(H2,20,26)(H,21,27)(H,22,29)(H,23,28)(H,24,25)/t11-,12-,14+/m0/s1. The molecule has 0 aromatic carbocycles. The lowest BCUT2D eigenvalue weighted by Crippen LogP contribution is -2.58. The Morgan fingerprint density at radius 1 is 1.00 bits per heavy atom. The molecule has 0 rings (SSSR count). The molecule has 0 fully saturated rings. The third kappa shape index (κ3) is 12.1. The molecule has 0 aromatic heterocycles. The van der Waals surface area contributed by atoms with Gasteiger partial charge in [0.15, 0.2) is 0 Å². The van der Waals surface area contributed by atoms with Crippen molar-refractivity contribution in [1.82, 2.24) is 16.0 Å². The van der Waals surface area contributed by atoms with Crippen LogP contribution in [0.25, 0.3) is 0 Å². The molecule has 0 aliphatic rings. The molecular weight excluding hydrogens is 428 g/mol. The number of carbonyl (C=O) groups is 5. The highest BCUT2D eigenvalue weighted by atomic mass is 32.2. The van der Waals surface area contributed by atoms with Crippen molar-refractivity contribution in [3.8, 4) is 0 Å². The summed E-state index contributed by atoms with van der Waals surface area (Å²) in [5, 5.41) is 16.3. The number of hydrogen-bond acceptors (Lipinski definition) is 7. The van der Waals surface area contributed by atoms with E-state index in [2.05, 4.69) is 16.0 Å². The zero-order valence-electron chi connectivity index (χ0n) is 18.8. The Bertz CT molecular complexity index is 664. The average Bonchev–Trinajstić information content (AvgIpc) is 2.59. The number of amides is 4. The third-order valence-electron chi connectivity index (χ3n) is 3.90. The van der Waals surface area contributed by atoms with Crippen LogP contribution in [-0.2, 0) is 23.9 Å². The van der Waals surface area contributed by atoms with Gasteiger partial charge < -0.3 is 31.5 Å². The number of nitrogens with two attached hydrogens (primary N) is 1. The molecule has 12 heteroatoms. The molecule has 178 valence electrons. The maximum atomic E-state index is 12.7. The minimum Gasteiger partial charge on any atom is -0.481 e. The van der Waals surface area contributed by atoms with E-state index in [1.807, 2.05) is 6.26 Å². The molecule has 11 nitrogen and oxygen atoms in total. The van der Waals surface area contributed by atoms with E-state index in [1.54, 1.807) is 34.6 Å². The summed E-state index contributed by atoms with van der Waals surface area (Å²) in [6.07, 6.45) is 0.507. The van der Waals surface area contributed by atoms with E-state index in [0.29, 0.717) is 5.75 Å². The lowest BCUT2D eigenvalue weighted by Gasteiger charge is -2.26. The van der Waals surface area contributed by atoms with Crippen LogP contribution in [0, 0.1) is 5.92 Å². The van der Waals surface area contributed by atoms with Gasteiger partial charge in [-0.3, -0.25) is 19.2 Å². The lowest BCUT2D eigenvalue weighted by molar-refractivity contribution is -0.141. The number of aliphatic carboxylic acids is 1. The average molecular weight is 463 g/mol. The molecule has 6 N–H and O–H groups in total. The fourth-order valence-corrected chi connectivity index (χ4v) is 2.90. The van der Waals surface area contributed by atoms with Gasteiger partial charge in [0.05, 0.1) is 6.42 Å². The fourth-order valence-electron chi connectivity index (χ4n) is 2.43. The SMILES string of the molecule is CSCC[C@H](NC(=O)OC(C)(C)C)C(=O)N[C@@H](CC(=O)O)C(=O)N[C@@H](C(N)=O)C(C)C. The molecule has 0 saturated heterocycles. The molecule has 31 heavy (non-hydrogen) atoms.